The second-order valence-electron chi connectivity index (χ2n) is 17.1. The predicted octanol–water partition coefficient (Wildman–Crippen LogP) is 12.8. The average Bonchev–Trinajstić information content (AvgIpc) is 3.12. The normalized spacial score (nSPS) is 14.4. The highest BCUT2D eigenvalue weighted by molar-refractivity contribution is 7.47. The summed E-state index contributed by atoms with van der Waals surface area (Å²) in [6.07, 6.45) is 43.3. The van der Waals surface area contributed by atoms with Crippen LogP contribution < -0.4 is 5.32 Å². The van der Waals surface area contributed by atoms with E-state index >= 15 is 0 Å². The first-order valence-electron chi connectivity index (χ1n) is 23.1. The maximum atomic E-state index is 12.8. The van der Waals surface area contributed by atoms with Gasteiger partial charge in [-0.25, -0.2) is 4.57 Å². The molecule has 54 heavy (non-hydrogen) atoms. The Balaban J connectivity index is 3.95. The van der Waals surface area contributed by atoms with Gasteiger partial charge in [0.05, 0.1) is 39.9 Å². The standard InChI is InChI=1S/C45H91N2O6P/c1-6-8-10-12-14-15-16-17-18-19-20-21-22-23-24-25-26-27-28-29-30-31-32-33-35-37-39-45(49)46-43(44(48)38-36-34-13-11-9-7-2)42-53-54(50,51)52-41-40-47(3,4)5/h36,38,43-44,48H,6-35,37,39-42H2,1-5H3,(H-,46,49,50,51)/p+1/b38-36+. The van der Waals surface area contributed by atoms with Crippen LogP contribution in [0.15, 0.2) is 12.2 Å². The number of aliphatic hydroxyl groups is 1. The summed E-state index contributed by atoms with van der Waals surface area (Å²) in [7, 11) is 1.58. The molecule has 0 aliphatic heterocycles. The Morgan fingerprint density at radius 3 is 1.37 bits per heavy atom. The molecule has 0 spiro atoms. The van der Waals surface area contributed by atoms with E-state index in [0.29, 0.717) is 17.4 Å². The molecule has 0 saturated carbocycles. The largest absolute Gasteiger partial charge is 0.472 e. The number of carbonyl (C=O) groups is 1. The smallest absolute Gasteiger partial charge is 0.387 e. The van der Waals surface area contributed by atoms with Gasteiger partial charge in [-0.3, -0.25) is 13.8 Å². The van der Waals surface area contributed by atoms with Crippen molar-refractivity contribution in [1.29, 1.82) is 0 Å². The lowest BCUT2D eigenvalue weighted by Crippen LogP contribution is -2.45. The van der Waals surface area contributed by atoms with Gasteiger partial charge in [-0.1, -0.05) is 206 Å². The van der Waals surface area contributed by atoms with Crippen LogP contribution in [0.25, 0.3) is 0 Å². The number of likely N-dealkylation sites (N-methyl/N-ethyl adjacent to an activating group) is 1. The molecule has 0 saturated heterocycles. The molecule has 0 bridgehead atoms. The van der Waals surface area contributed by atoms with E-state index in [1.807, 2.05) is 27.2 Å². The van der Waals surface area contributed by atoms with Crippen molar-refractivity contribution in [3.63, 3.8) is 0 Å². The first kappa shape index (κ1) is 53.2. The fourth-order valence-electron chi connectivity index (χ4n) is 6.81. The van der Waals surface area contributed by atoms with Crippen LogP contribution in [0.5, 0.6) is 0 Å². The van der Waals surface area contributed by atoms with E-state index in [9.17, 15) is 19.4 Å². The van der Waals surface area contributed by atoms with Gasteiger partial charge >= 0.3 is 7.82 Å². The predicted molar refractivity (Wildman–Crippen MR) is 231 cm³/mol. The summed E-state index contributed by atoms with van der Waals surface area (Å²) in [5.41, 5.74) is 0. The van der Waals surface area contributed by atoms with Crippen molar-refractivity contribution in [2.24, 2.45) is 0 Å². The van der Waals surface area contributed by atoms with Crippen molar-refractivity contribution < 1.29 is 32.9 Å². The minimum atomic E-state index is -4.32. The molecule has 1 amide bonds. The molecule has 0 aromatic carbocycles. The number of hydrogen-bond donors (Lipinski definition) is 3. The number of rotatable bonds is 42. The van der Waals surface area contributed by atoms with Crippen molar-refractivity contribution in [3.05, 3.63) is 12.2 Å². The number of unbranched alkanes of at least 4 members (excludes halogenated alkanes) is 29. The lowest BCUT2D eigenvalue weighted by molar-refractivity contribution is -0.870. The van der Waals surface area contributed by atoms with Crippen molar-refractivity contribution in [2.45, 2.75) is 231 Å². The van der Waals surface area contributed by atoms with Crippen LogP contribution in [0.4, 0.5) is 0 Å². The number of hydrogen-bond acceptors (Lipinski definition) is 5. The monoisotopic (exact) mass is 788 g/mol. The number of aliphatic hydroxyl groups excluding tert-OH is 1. The molecule has 3 atom stereocenters. The van der Waals surface area contributed by atoms with Crippen molar-refractivity contribution in [1.82, 2.24) is 5.32 Å². The highest BCUT2D eigenvalue weighted by Crippen LogP contribution is 2.43. The molecule has 0 rings (SSSR count). The number of phosphoric acid groups is 1. The molecule has 3 N–H and O–H groups in total. The van der Waals surface area contributed by atoms with Gasteiger partial charge in [0.1, 0.15) is 13.2 Å². The van der Waals surface area contributed by atoms with Crippen LogP contribution >= 0.6 is 7.82 Å². The lowest BCUT2D eigenvalue weighted by atomic mass is 10.0. The van der Waals surface area contributed by atoms with Crippen molar-refractivity contribution >= 4 is 13.7 Å². The molecule has 0 radical (unpaired) electrons. The van der Waals surface area contributed by atoms with Crippen LogP contribution in [0, 0.1) is 0 Å². The van der Waals surface area contributed by atoms with Gasteiger partial charge in [-0.2, -0.15) is 0 Å². The Hall–Kier alpha value is -0.760. The van der Waals surface area contributed by atoms with Gasteiger partial charge in [-0.15, -0.1) is 0 Å². The zero-order valence-corrected chi connectivity index (χ0v) is 37.4. The Bertz CT molecular complexity index is 896. The number of quaternary nitrogens is 1. The summed E-state index contributed by atoms with van der Waals surface area (Å²) in [4.78, 5) is 23.0. The van der Waals surface area contributed by atoms with Crippen LogP contribution in [-0.2, 0) is 18.4 Å². The minimum absolute atomic E-state index is 0.0636. The van der Waals surface area contributed by atoms with Crippen LogP contribution in [-0.4, -0.2) is 73.4 Å². The summed E-state index contributed by atoms with van der Waals surface area (Å²) in [6.45, 7) is 4.75. The zero-order valence-electron chi connectivity index (χ0n) is 36.5. The molecular weight excluding hydrogens is 695 g/mol. The molecule has 3 unspecified atom stereocenters. The van der Waals surface area contributed by atoms with E-state index in [0.717, 1.165) is 44.9 Å². The van der Waals surface area contributed by atoms with Crippen LogP contribution in [0.1, 0.15) is 219 Å². The second-order valence-corrected chi connectivity index (χ2v) is 18.6. The third kappa shape index (κ3) is 39.5. The third-order valence-corrected chi connectivity index (χ3v) is 11.5. The molecule has 0 fully saturated rings. The maximum Gasteiger partial charge on any atom is 0.472 e. The van der Waals surface area contributed by atoms with Gasteiger partial charge in [-0.05, 0) is 19.3 Å². The molecule has 0 aliphatic carbocycles. The van der Waals surface area contributed by atoms with Gasteiger partial charge in [0.2, 0.25) is 5.91 Å². The summed E-state index contributed by atoms with van der Waals surface area (Å²) in [5.74, 6) is -0.179. The van der Waals surface area contributed by atoms with E-state index in [1.54, 1.807) is 6.08 Å². The molecule has 8 nitrogen and oxygen atoms in total. The molecule has 0 aliphatic rings. The highest BCUT2D eigenvalue weighted by atomic mass is 31.2. The molecule has 0 heterocycles. The maximum absolute atomic E-state index is 12.8. The quantitative estimate of drug-likeness (QED) is 0.0246. The van der Waals surface area contributed by atoms with E-state index in [4.69, 9.17) is 9.05 Å². The van der Waals surface area contributed by atoms with E-state index < -0.39 is 20.0 Å². The number of carbonyl (C=O) groups excluding carboxylic acids is 1. The molecule has 0 aromatic rings. The first-order chi connectivity index (χ1) is 26.0. The van der Waals surface area contributed by atoms with Crippen molar-refractivity contribution in [3.8, 4) is 0 Å². The van der Waals surface area contributed by atoms with Gasteiger partial charge < -0.3 is 19.8 Å². The number of amides is 1. The summed E-state index contributed by atoms with van der Waals surface area (Å²) in [5, 5.41) is 13.7. The average molecular weight is 788 g/mol. The van der Waals surface area contributed by atoms with Crippen LogP contribution in [0.3, 0.4) is 0 Å². The topological polar surface area (TPSA) is 105 Å². The van der Waals surface area contributed by atoms with Gasteiger partial charge in [0.25, 0.3) is 0 Å². The number of nitrogens with one attached hydrogen (secondary N) is 1. The second kappa shape index (κ2) is 37.8. The first-order valence-corrected chi connectivity index (χ1v) is 24.6. The highest BCUT2D eigenvalue weighted by Gasteiger charge is 2.27. The zero-order chi connectivity index (χ0) is 40.0. The summed E-state index contributed by atoms with van der Waals surface area (Å²) in [6, 6.07) is -0.837. The van der Waals surface area contributed by atoms with Crippen LogP contribution in [0.2, 0.25) is 0 Å². The van der Waals surface area contributed by atoms with E-state index in [-0.39, 0.29) is 19.1 Å². The number of nitrogens with zero attached hydrogens (tertiary/aromatic N) is 1. The molecule has 9 heteroatoms. The van der Waals surface area contributed by atoms with Crippen molar-refractivity contribution in [2.75, 3.05) is 40.9 Å². The fraction of sp³-hybridized carbons (Fsp3) is 0.933. The number of allylic oxidation sites excluding steroid dienone is 1. The SMILES string of the molecule is CCCCCC/C=C/C(O)C(COP(=O)(O)OCC[N+](C)(C)C)NC(=O)CCCCCCCCCCCCCCCCCCCCCCCCCCCC. The fourth-order valence-corrected chi connectivity index (χ4v) is 7.54. The molecule has 322 valence electrons. The Kier molecular flexibility index (Phi) is 37.3. The van der Waals surface area contributed by atoms with Gasteiger partial charge in [0.15, 0.2) is 0 Å². The summed E-state index contributed by atoms with van der Waals surface area (Å²) >= 11 is 0. The van der Waals surface area contributed by atoms with E-state index in [1.165, 1.54) is 154 Å². The molecule has 0 aromatic heterocycles. The molecular formula is C45H92N2O6P+. The van der Waals surface area contributed by atoms with E-state index in [2.05, 4.69) is 19.2 Å². The minimum Gasteiger partial charge on any atom is -0.387 e. The lowest BCUT2D eigenvalue weighted by Gasteiger charge is -2.25. The Morgan fingerprint density at radius 2 is 0.981 bits per heavy atom. The number of phosphoric ester groups is 1. The summed E-state index contributed by atoms with van der Waals surface area (Å²) < 4.78 is 23.4. The van der Waals surface area contributed by atoms with Gasteiger partial charge in [0, 0.05) is 6.42 Å². The Morgan fingerprint density at radius 1 is 0.611 bits per heavy atom. The third-order valence-electron chi connectivity index (χ3n) is 10.5. The Labute approximate surface area is 335 Å².